The Balaban J connectivity index is 1.48. The van der Waals surface area contributed by atoms with Crippen LogP contribution in [0.3, 0.4) is 0 Å². The number of anilines is 1. The molecule has 0 aromatic heterocycles. The van der Waals surface area contributed by atoms with Gasteiger partial charge in [0.1, 0.15) is 18.0 Å². The average molecular weight is 680 g/mol. The van der Waals surface area contributed by atoms with E-state index < -0.39 is 24.3 Å². The summed E-state index contributed by atoms with van der Waals surface area (Å²) in [7, 11) is 7.33. The summed E-state index contributed by atoms with van der Waals surface area (Å²) < 4.78 is 6.09. The molecule has 2 bridgehead atoms. The summed E-state index contributed by atoms with van der Waals surface area (Å²) in [5, 5.41) is 33.5. The number of ether oxygens (including phenoxy) is 1. The number of aliphatic hydroxyl groups excluding tert-OH is 2. The van der Waals surface area contributed by atoms with Crippen molar-refractivity contribution in [1.29, 1.82) is 0 Å². The number of carbonyl (C=O) groups is 1. The van der Waals surface area contributed by atoms with Crippen LogP contribution < -0.4 is 25.6 Å². The summed E-state index contributed by atoms with van der Waals surface area (Å²) in [5.41, 5.74) is 4.63. The van der Waals surface area contributed by atoms with Gasteiger partial charge >= 0.3 is 0 Å². The number of benzene rings is 2. The molecule has 10 nitrogen and oxygen atoms in total. The van der Waals surface area contributed by atoms with Gasteiger partial charge in [-0.05, 0) is 91.8 Å². The van der Waals surface area contributed by atoms with E-state index in [1.165, 1.54) is 6.42 Å². The molecule has 1 saturated heterocycles. The molecule has 1 aliphatic heterocycles. The Morgan fingerprint density at radius 2 is 1.88 bits per heavy atom. The zero-order valence-electron chi connectivity index (χ0n) is 31.3. The van der Waals surface area contributed by atoms with Crippen molar-refractivity contribution in [1.82, 2.24) is 21.0 Å². The van der Waals surface area contributed by atoms with E-state index in [2.05, 4.69) is 56.6 Å². The smallest absolute Gasteiger partial charge is 0.240 e. The van der Waals surface area contributed by atoms with Crippen molar-refractivity contribution in [2.24, 2.45) is 35.0 Å². The molecule has 272 valence electrons. The molecular formula is C39H61N5O5. The number of hydrogen-bond donors (Lipinski definition) is 5. The summed E-state index contributed by atoms with van der Waals surface area (Å²) in [5.74, 6) is 2.20. The molecule has 10 heteroatoms. The van der Waals surface area contributed by atoms with Gasteiger partial charge in [-0.3, -0.25) is 14.9 Å². The summed E-state index contributed by atoms with van der Waals surface area (Å²) in [6.45, 7) is 14.7. The van der Waals surface area contributed by atoms with E-state index in [4.69, 9.17) is 9.57 Å². The van der Waals surface area contributed by atoms with Gasteiger partial charge in [-0.2, -0.15) is 5.06 Å². The number of methoxy groups -OCH3 is 1. The third kappa shape index (κ3) is 7.65. The molecule has 2 aromatic carbocycles. The van der Waals surface area contributed by atoms with Crippen LogP contribution in [-0.4, -0.2) is 86.8 Å². The highest BCUT2D eigenvalue weighted by molar-refractivity contribution is 5.83. The second-order valence-corrected chi connectivity index (χ2v) is 16.0. The van der Waals surface area contributed by atoms with E-state index in [9.17, 15) is 15.0 Å². The molecular weight excluding hydrogens is 618 g/mol. The second kappa shape index (κ2) is 15.3. The van der Waals surface area contributed by atoms with Crippen LogP contribution in [0.4, 0.5) is 5.69 Å². The van der Waals surface area contributed by atoms with Crippen molar-refractivity contribution >= 4 is 11.6 Å². The third-order valence-electron chi connectivity index (χ3n) is 11.8. The van der Waals surface area contributed by atoms with E-state index in [1.54, 1.807) is 26.1 Å². The molecule has 4 fully saturated rings. The van der Waals surface area contributed by atoms with Crippen LogP contribution in [-0.2, 0) is 16.2 Å². The normalized spacial score (nSPS) is 29.0. The molecule has 1 heterocycles. The number of carbonyl (C=O) groups excluding carboxylic acids is 1. The minimum Gasteiger partial charge on any atom is -0.496 e. The van der Waals surface area contributed by atoms with Gasteiger partial charge in [0, 0.05) is 49.4 Å². The Kier molecular flexibility index (Phi) is 11.7. The molecule has 9 atom stereocenters. The molecule has 5 N–H and O–H groups in total. The van der Waals surface area contributed by atoms with Gasteiger partial charge in [-0.25, -0.2) is 0 Å². The Hall–Kier alpha value is -2.73. The Labute approximate surface area is 293 Å². The molecule has 49 heavy (non-hydrogen) atoms. The van der Waals surface area contributed by atoms with Crippen molar-refractivity contribution in [2.45, 2.75) is 91.4 Å². The number of fused-ring (bicyclic) bond motifs is 2. The number of rotatable bonds is 14. The van der Waals surface area contributed by atoms with Crippen LogP contribution in [0, 0.1) is 35.0 Å². The molecule has 1 unspecified atom stereocenters. The minimum atomic E-state index is -0.826. The van der Waals surface area contributed by atoms with Gasteiger partial charge in [0.05, 0.1) is 25.9 Å². The summed E-state index contributed by atoms with van der Waals surface area (Å²) in [4.78, 5) is 23.1. The molecule has 1 amide bonds. The topological polar surface area (TPSA) is 119 Å². The fourth-order valence-corrected chi connectivity index (χ4v) is 8.74. The fraction of sp³-hybridized carbons (Fsp3) is 0.667. The first kappa shape index (κ1) is 37.5. The maximum atomic E-state index is 14.4. The molecule has 6 rings (SSSR count). The first-order valence-corrected chi connectivity index (χ1v) is 18.1. The van der Waals surface area contributed by atoms with Gasteiger partial charge in [-0.15, -0.1) is 0 Å². The number of aliphatic hydroxyl groups is 2. The van der Waals surface area contributed by atoms with E-state index in [1.807, 2.05) is 49.3 Å². The van der Waals surface area contributed by atoms with Crippen molar-refractivity contribution in [3.8, 4) is 16.9 Å². The zero-order chi connectivity index (χ0) is 35.8. The highest BCUT2D eigenvalue weighted by Gasteiger charge is 2.57. The quantitative estimate of drug-likeness (QED) is 0.183. The second-order valence-electron chi connectivity index (χ2n) is 16.0. The van der Waals surface area contributed by atoms with E-state index >= 15 is 0 Å². The lowest BCUT2D eigenvalue weighted by molar-refractivity contribution is -0.176. The lowest BCUT2D eigenvalue weighted by Gasteiger charge is -2.62. The largest absolute Gasteiger partial charge is 0.496 e. The van der Waals surface area contributed by atoms with Gasteiger partial charge in [0.2, 0.25) is 5.91 Å². The van der Waals surface area contributed by atoms with Crippen LogP contribution in [0.1, 0.15) is 71.7 Å². The lowest BCUT2D eigenvalue weighted by atomic mass is 9.45. The van der Waals surface area contributed by atoms with Crippen LogP contribution >= 0.6 is 0 Å². The SMILES string of the molecule is CNC(O)c1cc(-c2cccc(CN3O[C@@H](CNCC(C)C)[C@@H]([C@H](C)O)[C@H]3C(=O)N[C@H]3C[C@H]4C[C@@H]([C@@H]3C)C4(C)C)c2OC)cc(N(C)C)c1. The van der Waals surface area contributed by atoms with Crippen molar-refractivity contribution in [3.05, 3.63) is 47.5 Å². The first-order valence-electron chi connectivity index (χ1n) is 18.1. The van der Waals surface area contributed by atoms with Crippen LogP contribution in [0.25, 0.3) is 11.1 Å². The summed E-state index contributed by atoms with van der Waals surface area (Å²) in [6.07, 6.45) is 0.244. The van der Waals surface area contributed by atoms with E-state index in [0.29, 0.717) is 41.4 Å². The minimum absolute atomic E-state index is 0.0901. The van der Waals surface area contributed by atoms with Gasteiger partial charge in [0.25, 0.3) is 0 Å². The highest BCUT2D eigenvalue weighted by atomic mass is 16.7. The predicted molar refractivity (Wildman–Crippen MR) is 195 cm³/mol. The zero-order valence-corrected chi connectivity index (χ0v) is 31.3. The standard InChI is InChI=1S/C39H61N5O5/c1-22(2)19-41-20-33-34(24(4)45)35(38(47)42-32-18-28-17-31(23(32)3)39(28,5)6)44(49-33)21-25-12-11-13-30(36(25)48-10)26-14-27(37(46)40-7)16-29(15-26)43(8)9/h11-16,22-24,28,31-35,37,40-41,45-46H,17-21H2,1-10H3,(H,42,47)/t23-,24-,28+,31-,32-,33-,34+,35-,37?/m0/s1. The van der Waals surface area contributed by atoms with Crippen molar-refractivity contribution in [3.63, 3.8) is 0 Å². The Morgan fingerprint density at radius 3 is 2.47 bits per heavy atom. The van der Waals surface area contributed by atoms with Crippen molar-refractivity contribution < 1.29 is 24.6 Å². The Morgan fingerprint density at radius 1 is 1.14 bits per heavy atom. The average Bonchev–Trinajstić information content (AvgIpc) is 3.42. The number of hydroxylamine groups is 2. The van der Waals surface area contributed by atoms with Crippen molar-refractivity contribution in [2.75, 3.05) is 46.2 Å². The molecule has 2 aromatic rings. The van der Waals surface area contributed by atoms with Gasteiger partial charge in [-0.1, -0.05) is 52.8 Å². The molecule has 0 radical (unpaired) electrons. The number of nitrogens with zero attached hydrogens (tertiary/aromatic N) is 2. The number of amides is 1. The lowest BCUT2D eigenvalue weighted by Crippen LogP contribution is -2.62. The Bertz CT molecular complexity index is 1450. The maximum absolute atomic E-state index is 14.4. The van der Waals surface area contributed by atoms with Crippen LogP contribution in [0.5, 0.6) is 5.75 Å². The summed E-state index contributed by atoms with van der Waals surface area (Å²) >= 11 is 0. The summed E-state index contributed by atoms with van der Waals surface area (Å²) in [6, 6.07) is 11.4. The van der Waals surface area contributed by atoms with Crippen LogP contribution in [0.15, 0.2) is 36.4 Å². The first-order chi connectivity index (χ1) is 23.2. The number of nitrogens with one attached hydrogen (secondary N) is 3. The maximum Gasteiger partial charge on any atom is 0.240 e. The van der Waals surface area contributed by atoms with Gasteiger partial charge < -0.3 is 30.5 Å². The highest BCUT2D eigenvalue weighted by Crippen LogP contribution is 2.61. The molecule has 0 spiro atoms. The van der Waals surface area contributed by atoms with E-state index in [-0.39, 0.29) is 24.6 Å². The molecule has 4 aliphatic rings. The molecule has 3 saturated carbocycles. The molecule has 3 aliphatic carbocycles. The third-order valence-corrected chi connectivity index (χ3v) is 11.8. The fourth-order valence-electron chi connectivity index (χ4n) is 8.74. The number of para-hydroxylation sites is 1. The van der Waals surface area contributed by atoms with Crippen LogP contribution in [0.2, 0.25) is 0 Å². The van der Waals surface area contributed by atoms with Gasteiger partial charge in [0.15, 0.2) is 0 Å². The van der Waals surface area contributed by atoms with E-state index in [0.717, 1.165) is 40.9 Å². The predicted octanol–water partition coefficient (Wildman–Crippen LogP) is 4.55. The monoisotopic (exact) mass is 679 g/mol. The number of hydrogen-bond acceptors (Lipinski definition) is 9.